The first-order valence-corrected chi connectivity index (χ1v) is 9.35. The topological polar surface area (TPSA) is 122 Å². The first kappa shape index (κ1) is 17.3. The maximum absolute atomic E-state index is 12.9. The van der Waals surface area contributed by atoms with Gasteiger partial charge in [0, 0.05) is 31.0 Å². The van der Waals surface area contributed by atoms with Crippen molar-refractivity contribution >= 4 is 11.4 Å². The zero-order valence-corrected chi connectivity index (χ0v) is 15.4. The second-order valence-electron chi connectivity index (χ2n) is 6.86. The summed E-state index contributed by atoms with van der Waals surface area (Å²) in [5, 5.41) is 8.01. The van der Waals surface area contributed by atoms with Crippen molar-refractivity contribution in [3.63, 3.8) is 0 Å². The number of hydrogen-bond donors (Lipinski definition) is 1. The van der Waals surface area contributed by atoms with Gasteiger partial charge in [0.05, 0.1) is 23.0 Å². The number of fused-ring (bicyclic) bond motifs is 1. The van der Waals surface area contributed by atoms with Gasteiger partial charge < -0.3 is 4.90 Å². The van der Waals surface area contributed by atoms with E-state index in [9.17, 15) is 9.59 Å². The molecule has 29 heavy (non-hydrogen) atoms. The summed E-state index contributed by atoms with van der Waals surface area (Å²) < 4.78 is 6.19. The van der Waals surface area contributed by atoms with Crippen molar-refractivity contribution in [2.75, 3.05) is 13.1 Å². The summed E-state index contributed by atoms with van der Waals surface area (Å²) >= 11 is 0. The third-order valence-electron chi connectivity index (χ3n) is 5.02. The maximum atomic E-state index is 12.9. The molecule has 1 aliphatic heterocycles. The largest absolute Gasteiger partial charge is 0.439 e. The second kappa shape index (κ2) is 6.97. The Bertz CT molecular complexity index is 1230. The Hall–Kier alpha value is -3.82. The van der Waals surface area contributed by atoms with Crippen LogP contribution in [0.4, 0.5) is 0 Å². The highest BCUT2D eigenvalue weighted by atomic mass is 16.5. The molecule has 0 unspecified atom stereocenters. The number of H-pyrrole nitrogens is 1. The van der Waals surface area contributed by atoms with Gasteiger partial charge in [0.2, 0.25) is 5.82 Å². The van der Waals surface area contributed by atoms with E-state index in [0.29, 0.717) is 11.1 Å². The highest BCUT2D eigenvalue weighted by Crippen LogP contribution is 2.23. The lowest BCUT2D eigenvalue weighted by Gasteiger charge is -2.26. The molecular weight excluding hydrogens is 374 g/mol. The van der Waals surface area contributed by atoms with Crippen LogP contribution in [0.3, 0.4) is 0 Å². The monoisotopic (exact) mass is 391 g/mol. The van der Waals surface area contributed by atoms with Crippen LogP contribution in [0, 0.1) is 0 Å². The smallest absolute Gasteiger partial charge is 0.339 e. The van der Waals surface area contributed by atoms with E-state index in [0.717, 1.165) is 37.1 Å². The Balaban J connectivity index is 1.50. The van der Waals surface area contributed by atoms with Gasteiger partial charge in [0.25, 0.3) is 5.91 Å². The van der Waals surface area contributed by atoms with Crippen LogP contribution in [0.5, 0.6) is 0 Å². The van der Waals surface area contributed by atoms with Crippen LogP contribution in [-0.2, 0) is 0 Å². The molecule has 0 spiro atoms. The van der Waals surface area contributed by atoms with Crippen LogP contribution < -0.4 is 5.76 Å². The third kappa shape index (κ3) is 3.08. The molecule has 0 aromatic carbocycles. The summed E-state index contributed by atoms with van der Waals surface area (Å²) in [4.78, 5) is 36.8. The predicted molar refractivity (Wildman–Crippen MR) is 102 cm³/mol. The van der Waals surface area contributed by atoms with E-state index in [-0.39, 0.29) is 17.6 Å². The van der Waals surface area contributed by atoms with E-state index in [1.54, 1.807) is 23.1 Å². The minimum Gasteiger partial charge on any atom is -0.339 e. The zero-order valence-electron chi connectivity index (χ0n) is 15.4. The number of rotatable bonds is 3. The van der Waals surface area contributed by atoms with Crippen LogP contribution in [-0.4, -0.2) is 53.6 Å². The third-order valence-corrected chi connectivity index (χ3v) is 5.02. The number of aromatic nitrogens is 6. The summed E-state index contributed by atoms with van der Waals surface area (Å²) in [6.07, 6.45) is 8.08. The lowest BCUT2D eigenvalue weighted by Crippen LogP contribution is -2.35. The molecule has 1 N–H and O–H groups in total. The van der Waals surface area contributed by atoms with Gasteiger partial charge in [0.15, 0.2) is 5.82 Å². The van der Waals surface area contributed by atoms with Crippen molar-refractivity contribution in [1.29, 1.82) is 0 Å². The number of likely N-dealkylation sites (tertiary alicyclic amines) is 1. The zero-order chi connectivity index (χ0) is 19.8. The lowest BCUT2D eigenvalue weighted by atomic mass is 10.1. The molecule has 10 heteroatoms. The SMILES string of the molecule is O=C(c1cnn2c(-c3cnc(-c4noc(=O)[nH]4)nc3)cccc12)N1CCCCC1. The number of nitrogens with zero attached hydrogens (tertiary/aromatic N) is 6. The summed E-state index contributed by atoms with van der Waals surface area (Å²) in [5.41, 5.74) is 2.79. The molecule has 146 valence electrons. The second-order valence-corrected chi connectivity index (χ2v) is 6.86. The van der Waals surface area contributed by atoms with Crippen molar-refractivity contribution in [3.05, 3.63) is 52.9 Å². The number of aromatic amines is 1. The molecule has 0 bridgehead atoms. The van der Waals surface area contributed by atoms with Crippen LogP contribution in [0.1, 0.15) is 29.6 Å². The van der Waals surface area contributed by atoms with E-state index < -0.39 is 5.76 Å². The van der Waals surface area contributed by atoms with Gasteiger partial charge in [0.1, 0.15) is 0 Å². The molecule has 1 fully saturated rings. The standard InChI is InChI=1S/C19H17N7O3/c27-18(25-7-2-1-3-8-25)13-11-22-26-14(5-4-6-15(13)26)12-9-20-16(21-10-12)17-23-19(28)29-24-17/h4-6,9-11H,1-3,7-8H2,(H,23,24,28). The van der Waals surface area contributed by atoms with E-state index in [2.05, 4.69) is 29.7 Å². The van der Waals surface area contributed by atoms with Crippen molar-refractivity contribution < 1.29 is 9.32 Å². The average Bonchev–Trinajstić information content (AvgIpc) is 3.40. The fraction of sp³-hybridized carbons (Fsp3) is 0.263. The lowest BCUT2D eigenvalue weighted by molar-refractivity contribution is 0.0726. The predicted octanol–water partition coefficient (Wildman–Crippen LogP) is 1.76. The Kier molecular flexibility index (Phi) is 4.15. The fourth-order valence-corrected chi connectivity index (χ4v) is 3.57. The quantitative estimate of drug-likeness (QED) is 0.564. The normalized spacial score (nSPS) is 14.4. The van der Waals surface area contributed by atoms with Crippen molar-refractivity contribution in [3.8, 4) is 22.9 Å². The summed E-state index contributed by atoms with van der Waals surface area (Å²) in [6, 6.07) is 5.64. The van der Waals surface area contributed by atoms with E-state index in [1.807, 2.05) is 23.1 Å². The summed E-state index contributed by atoms with van der Waals surface area (Å²) in [6.45, 7) is 1.57. The van der Waals surface area contributed by atoms with Crippen LogP contribution in [0.15, 0.2) is 46.1 Å². The number of carbonyl (C=O) groups is 1. The molecule has 4 aromatic rings. The Morgan fingerprint density at radius 2 is 1.86 bits per heavy atom. The van der Waals surface area contributed by atoms with Gasteiger partial charge in [-0.25, -0.2) is 19.3 Å². The highest BCUT2D eigenvalue weighted by Gasteiger charge is 2.22. The molecule has 10 nitrogen and oxygen atoms in total. The molecule has 0 aliphatic carbocycles. The van der Waals surface area contributed by atoms with Crippen LogP contribution >= 0.6 is 0 Å². The van der Waals surface area contributed by atoms with Crippen molar-refractivity contribution in [2.24, 2.45) is 0 Å². The van der Waals surface area contributed by atoms with E-state index in [4.69, 9.17) is 0 Å². The molecule has 0 radical (unpaired) electrons. The number of pyridine rings is 1. The maximum Gasteiger partial charge on any atom is 0.439 e. The van der Waals surface area contributed by atoms with Crippen molar-refractivity contribution in [2.45, 2.75) is 19.3 Å². The van der Waals surface area contributed by atoms with E-state index in [1.165, 1.54) is 6.42 Å². The first-order valence-electron chi connectivity index (χ1n) is 9.35. The molecule has 5 heterocycles. The van der Waals surface area contributed by atoms with Gasteiger partial charge >= 0.3 is 5.76 Å². The Labute approximate surface area is 164 Å². The number of amides is 1. The van der Waals surface area contributed by atoms with Gasteiger partial charge in [-0.05, 0) is 31.4 Å². The van der Waals surface area contributed by atoms with Crippen molar-refractivity contribution in [1.82, 2.24) is 34.6 Å². The first-order chi connectivity index (χ1) is 14.2. The minimum absolute atomic E-state index is 0.0124. The number of carbonyl (C=O) groups excluding carboxylic acids is 1. The molecule has 0 atom stereocenters. The minimum atomic E-state index is -0.667. The van der Waals surface area contributed by atoms with Gasteiger partial charge in [-0.15, -0.1) is 0 Å². The van der Waals surface area contributed by atoms with Gasteiger partial charge in [-0.2, -0.15) is 5.10 Å². The molecule has 1 saturated heterocycles. The summed E-state index contributed by atoms with van der Waals surface area (Å²) in [7, 11) is 0. The molecule has 5 rings (SSSR count). The van der Waals surface area contributed by atoms with Gasteiger partial charge in [-0.1, -0.05) is 11.2 Å². The van der Waals surface area contributed by atoms with Gasteiger partial charge in [-0.3, -0.25) is 14.3 Å². The number of piperidine rings is 1. The number of nitrogens with one attached hydrogen (secondary N) is 1. The molecule has 0 saturated carbocycles. The number of hydrogen-bond acceptors (Lipinski definition) is 7. The Morgan fingerprint density at radius 1 is 1.07 bits per heavy atom. The highest BCUT2D eigenvalue weighted by molar-refractivity contribution is 6.01. The molecule has 1 amide bonds. The molecular formula is C19H17N7O3. The fourth-order valence-electron chi connectivity index (χ4n) is 3.57. The Morgan fingerprint density at radius 3 is 2.59 bits per heavy atom. The molecule has 4 aromatic heterocycles. The summed E-state index contributed by atoms with van der Waals surface area (Å²) in [5.74, 6) is -0.250. The average molecular weight is 391 g/mol. The van der Waals surface area contributed by atoms with E-state index >= 15 is 0 Å². The molecule has 1 aliphatic rings. The van der Waals surface area contributed by atoms with Crippen LogP contribution in [0.25, 0.3) is 28.4 Å². The van der Waals surface area contributed by atoms with Crippen LogP contribution in [0.2, 0.25) is 0 Å².